The van der Waals surface area contributed by atoms with Crippen LogP contribution in [0.3, 0.4) is 0 Å². The Balaban J connectivity index is 2.81. The third-order valence-electron chi connectivity index (χ3n) is 2.57. The van der Waals surface area contributed by atoms with Gasteiger partial charge in [0.2, 0.25) is 0 Å². The molecule has 1 N–H and O–H groups in total. The summed E-state index contributed by atoms with van der Waals surface area (Å²) in [6.07, 6.45) is -4.07. The molecule has 0 fully saturated rings. The molecule has 17 heavy (non-hydrogen) atoms. The first-order valence-corrected chi connectivity index (χ1v) is 5.19. The van der Waals surface area contributed by atoms with Gasteiger partial charge in [0.25, 0.3) is 0 Å². The van der Waals surface area contributed by atoms with Crippen LogP contribution in [0.15, 0.2) is 24.3 Å². The average Bonchev–Trinajstić information content (AvgIpc) is 2.25. The van der Waals surface area contributed by atoms with Crippen LogP contribution in [-0.2, 0) is 11.0 Å². The Morgan fingerprint density at radius 3 is 2.59 bits per heavy atom. The Morgan fingerprint density at radius 2 is 2.06 bits per heavy atom. The second kappa shape index (κ2) is 5.21. The summed E-state index contributed by atoms with van der Waals surface area (Å²) in [6, 6.07) is 5.01. The Morgan fingerprint density at radius 1 is 1.41 bits per heavy atom. The highest BCUT2D eigenvalue weighted by Crippen LogP contribution is 2.31. The summed E-state index contributed by atoms with van der Waals surface area (Å²) in [5, 5.41) is 8.51. The largest absolute Gasteiger partial charge is 0.481 e. The minimum atomic E-state index is -4.36. The van der Waals surface area contributed by atoms with Crippen molar-refractivity contribution in [1.82, 2.24) is 0 Å². The number of carbonyl (C=O) groups is 1. The van der Waals surface area contributed by atoms with Crippen LogP contribution in [0.25, 0.3) is 0 Å². The van der Waals surface area contributed by atoms with Gasteiger partial charge in [0.15, 0.2) is 0 Å². The van der Waals surface area contributed by atoms with Gasteiger partial charge < -0.3 is 5.11 Å². The van der Waals surface area contributed by atoms with Gasteiger partial charge in [-0.25, -0.2) is 0 Å². The number of hydrogen-bond acceptors (Lipinski definition) is 1. The Bertz CT molecular complexity index is 399. The van der Waals surface area contributed by atoms with Gasteiger partial charge in [-0.3, -0.25) is 4.79 Å². The van der Waals surface area contributed by atoms with Gasteiger partial charge in [-0.15, -0.1) is 0 Å². The summed E-state index contributed by atoms with van der Waals surface area (Å²) < 4.78 is 37.4. The Kier molecular flexibility index (Phi) is 4.15. The van der Waals surface area contributed by atoms with Gasteiger partial charge in [-0.05, 0) is 24.0 Å². The summed E-state index contributed by atoms with van der Waals surface area (Å²) in [5.74, 6) is -1.14. The molecule has 0 bridgehead atoms. The number of rotatable bonds is 4. The predicted octanol–water partition coefficient (Wildman–Crippen LogP) is 3.67. The smallest absolute Gasteiger partial charge is 0.416 e. The zero-order chi connectivity index (χ0) is 13.1. The lowest BCUT2D eigenvalue weighted by Gasteiger charge is -2.13. The number of benzene rings is 1. The zero-order valence-corrected chi connectivity index (χ0v) is 9.29. The molecule has 0 heterocycles. The van der Waals surface area contributed by atoms with Gasteiger partial charge >= 0.3 is 12.1 Å². The van der Waals surface area contributed by atoms with Gasteiger partial charge in [0, 0.05) is 6.42 Å². The van der Waals surface area contributed by atoms with E-state index in [1.165, 1.54) is 6.07 Å². The van der Waals surface area contributed by atoms with Gasteiger partial charge in [-0.1, -0.05) is 25.1 Å². The molecule has 0 aliphatic heterocycles. The number of carboxylic acid groups (broad SMARTS) is 1. The average molecular weight is 246 g/mol. The summed E-state index contributed by atoms with van der Waals surface area (Å²) in [6.45, 7) is 1.72. The van der Waals surface area contributed by atoms with Gasteiger partial charge in [0.1, 0.15) is 0 Å². The lowest BCUT2D eigenvalue weighted by molar-refractivity contribution is -0.138. The van der Waals surface area contributed by atoms with Crippen molar-refractivity contribution in [1.29, 1.82) is 0 Å². The molecular weight excluding hydrogens is 233 g/mol. The van der Waals surface area contributed by atoms with Crippen LogP contribution < -0.4 is 0 Å². The fraction of sp³-hybridized carbons (Fsp3) is 0.417. The molecule has 1 atom stereocenters. The lowest BCUT2D eigenvalue weighted by atomic mass is 9.95. The number of aliphatic carboxylic acids is 1. The molecule has 0 aromatic heterocycles. The molecule has 0 saturated carbocycles. The van der Waals surface area contributed by atoms with Crippen molar-refractivity contribution in [2.75, 3.05) is 0 Å². The van der Waals surface area contributed by atoms with Crippen molar-refractivity contribution in [2.24, 2.45) is 0 Å². The first-order valence-electron chi connectivity index (χ1n) is 5.19. The van der Waals surface area contributed by atoms with Crippen molar-refractivity contribution >= 4 is 5.97 Å². The summed E-state index contributed by atoms with van der Waals surface area (Å²) in [4.78, 5) is 10.4. The molecule has 0 radical (unpaired) electrons. The van der Waals surface area contributed by atoms with Crippen LogP contribution in [0.5, 0.6) is 0 Å². The summed E-state index contributed by atoms with van der Waals surface area (Å²) in [5.41, 5.74) is -0.182. The minimum absolute atomic E-state index is 0.0442. The second-order valence-electron chi connectivity index (χ2n) is 3.96. The van der Waals surface area contributed by atoms with Gasteiger partial charge in [-0.2, -0.15) is 13.2 Å². The van der Waals surface area contributed by atoms with E-state index in [1.54, 1.807) is 13.0 Å². The maximum absolute atomic E-state index is 12.5. The van der Waals surface area contributed by atoms with Crippen LogP contribution in [0.1, 0.15) is 36.8 Å². The van der Waals surface area contributed by atoms with Crippen molar-refractivity contribution in [2.45, 2.75) is 31.9 Å². The molecule has 1 aromatic carbocycles. The van der Waals surface area contributed by atoms with Crippen LogP contribution in [0.4, 0.5) is 13.2 Å². The number of halogens is 3. The first-order chi connectivity index (χ1) is 7.80. The standard InChI is InChI=1S/C12H13F3O2/c1-8(5-6-11(16)17)9-3-2-4-10(7-9)12(13,14)15/h2-4,7-8H,5-6H2,1H3,(H,16,17). The van der Waals surface area contributed by atoms with Crippen LogP contribution in [0.2, 0.25) is 0 Å². The highest BCUT2D eigenvalue weighted by atomic mass is 19.4. The van der Waals surface area contributed by atoms with E-state index < -0.39 is 17.7 Å². The zero-order valence-electron chi connectivity index (χ0n) is 9.29. The molecule has 1 unspecified atom stereocenters. The normalized spacial score (nSPS) is 13.4. The van der Waals surface area contributed by atoms with Crippen molar-refractivity contribution in [3.63, 3.8) is 0 Å². The van der Waals surface area contributed by atoms with E-state index in [-0.39, 0.29) is 12.3 Å². The van der Waals surface area contributed by atoms with E-state index in [0.717, 1.165) is 12.1 Å². The third kappa shape index (κ3) is 4.09. The maximum Gasteiger partial charge on any atom is 0.416 e. The lowest BCUT2D eigenvalue weighted by Crippen LogP contribution is -2.06. The van der Waals surface area contributed by atoms with Crippen LogP contribution in [0, 0.1) is 0 Å². The molecule has 0 saturated heterocycles. The SMILES string of the molecule is CC(CCC(=O)O)c1cccc(C(F)(F)F)c1. The maximum atomic E-state index is 12.5. The van der Waals surface area contributed by atoms with Crippen molar-refractivity contribution < 1.29 is 23.1 Å². The van der Waals surface area contributed by atoms with Gasteiger partial charge in [0.05, 0.1) is 5.56 Å². The number of hydrogen-bond donors (Lipinski definition) is 1. The van der Waals surface area contributed by atoms with E-state index in [2.05, 4.69) is 0 Å². The monoisotopic (exact) mass is 246 g/mol. The molecule has 94 valence electrons. The Labute approximate surface area is 97.1 Å². The Hall–Kier alpha value is -1.52. The predicted molar refractivity (Wildman–Crippen MR) is 56.7 cm³/mol. The topological polar surface area (TPSA) is 37.3 Å². The number of carboxylic acids is 1. The molecular formula is C12H13F3O2. The van der Waals surface area contributed by atoms with E-state index in [1.807, 2.05) is 0 Å². The van der Waals surface area contributed by atoms with Crippen LogP contribution in [-0.4, -0.2) is 11.1 Å². The molecule has 0 spiro atoms. The molecule has 0 aliphatic carbocycles. The fourth-order valence-electron chi connectivity index (χ4n) is 1.53. The first kappa shape index (κ1) is 13.5. The summed E-state index contributed by atoms with van der Waals surface area (Å²) in [7, 11) is 0. The second-order valence-corrected chi connectivity index (χ2v) is 3.96. The van der Waals surface area contributed by atoms with E-state index in [4.69, 9.17) is 5.11 Å². The minimum Gasteiger partial charge on any atom is -0.481 e. The quantitative estimate of drug-likeness (QED) is 0.880. The number of alkyl halides is 3. The van der Waals surface area contributed by atoms with E-state index in [0.29, 0.717) is 12.0 Å². The highest BCUT2D eigenvalue weighted by molar-refractivity contribution is 5.66. The highest BCUT2D eigenvalue weighted by Gasteiger charge is 2.30. The molecule has 1 aromatic rings. The molecule has 1 rings (SSSR count). The molecule has 2 nitrogen and oxygen atoms in total. The van der Waals surface area contributed by atoms with E-state index >= 15 is 0 Å². The van der Waals surface area contributed by atoms with E-state index in [9.17, 15) is 18.0 Å². The molecule has 5 heteroatoms. The fourth-order valence-corrected chi connectivity index (χ4v) is 1.53. The van der Waals surface area contributed by atoms with Crippen molar-refractivity contribution in [3.8, 4) is 0 Å². The van der Waals surface area contributed by atoms with Crippen molar-refractivity contribution in [3.05, 3.63) is 35.4 Å². The van der Waals surface area contributed by atoms with Crippen LogP contribution >= 0.6 is 0 Å². The molecule has 0 amide bonds. The molecule has 0 aliphatic rings. The summed E-state index contributed by atoms with van der Waals surface area (Å²) >= 11 is 0. The third-order valence-corrected chi connectivity index (χ3v) is 2.57.